The first kappa shape index (κ1) is 17.1. The van der Waals surface area contributed by atoms with Crippen molar-refractivity contribution in [1.82, 2.24) is 19.7 Å². The Hall–Kier alpha value is -3.35. The molecule has 1 unspecified atom stereocenters. The number of anilines is 1. The minimum atomic E-state index is -0.231. The number of furan rings is 1. The van der Waals surface area contributed by atoms with Gasteiger partial charge in [-0.05, 0) is 32.0 Å². The van der Waals surface area contributed by atoms with Gasteiger partial charge in [0.1, 0.15) is 11.3 Å². The summed E-state index contributed by atoms with van der Waals surface area (Å²) in [4.78, 5) is 18.7. The molecule has 1 atom stereocenters. The predicted octanol–water partition coefficient (Wildman–Crippen LogP) is 4.25. The lowest BCUT2D eigenvalue weighted by molar-refractivity contribution is 0.201. The van der Waals surface area contributed by atoms with Gasteiger partial charge in [0, 0.05) is 24.9 Å². The predicted molar refractivity (Wildman–Crippen MR) is 105 cm³/mol. The number of amides is 2. The highest BCUT2D eigenvalue weighted by Gasteiger charge is 2.21. The maximum absolute atomic E-state index is 12.7. The van der Waals surface area contributed by atoms with Crippen molar-refractivity contribution in [2.45, 2.75) is 19.9 Å². The SMILES string of the molecule is Cc1nn(C)c2ncc(NC(=O)N(C)C(C)c3cc4ccccc4o3)cc12. The van der Waals surface area contributed by atoms with E-state index in [1.165, 1.54) is 0 Å². The van der Waals surface area contributed by atoms with Crippen LogP contribution in [0.25, 0.3) is 22.0 Å². The topological polar surface area (TPSA) is 76.2 Å². The number of benzene rings is 1. The number of pyridine rings is 1. The molecule has 27 heavy (non-hydrogen) atoms. The van der Waals surface area contributed by atoms with E-state index in [4.69, 9.17) is 4.42 Å². The largest absolute Gasteiger partial charge is 0.459 e. The van der Waals surface area contributed by atoms with Gasteiger partial charge in [-0.25, -0.2) is 9.78 Å². The number of fused-ring (bicyclic) bond motifs is 2. The Labute approximate surface area is 156 Å². The van der Waals surface area contributed by atoms with Crippen LogP contribution in [0.3, 0.4) is 0 Å². The lowest BCUT2D eigenvalue weighted by Gasteiger charge is -2.23. The van der Waals surface area contributed by atoms with Gasteiger partial charge in [-0.2, -0.15) is 5.10 Å². The maximum Gasteiger partial charge on any atom is 0.322 e. The molecule has 4 rings (SSSR count). The minimum absolute atomic E-state index is 0.214. The van der Waals surface area contributed by atoms with Crippen LogP contribution >= 0.6 is 0 Å². The van der Waals surface area contributed by atoms with Gasteiger partial charge < -0.3 is 14.6 Å². The van der Waals surface area contributed by atoms with E-state index in [1.54, 1.807) is 22.8 Å². The average Bonchev–Trinajstić information content (AvgIpc) is 3.21. The summed E-state index contributed by atoms with van der Waals surface area (Å²) in [7, 11) is 3.60. The first-order valence-corrected chi connectivity index (χ1v) is 8.75. The molecule has 0 saturated heterocycles. The number of nitrogens with zero attached hydrogens (tertiary/aromatic N) is 4. The Kier molecular flexibility index (Phi) is 4.07. The summed E-state index contributed by atoms with van der Waals surface area (Å²) < 4.78 is 7.61. The van der Waals surface area contributed by atoms with Crippen molar-refractivity contribution in [3.05, 3.63) is 54.0 Å². The van der Waals surface area contributed by atoms with Gasteiger partial charge in [0.25, 0.3) is 0 Å². The minimum Gasteiger partial charge on any atom is -0.459 e. The number of hydrogen-bond acceptors (Lipinski definition) is 4. The molecule has 3 heterocycles. The van der Waals surface area contributed by atoms with Crippen molar-refractivity contribution >= 4 is 33.7 Å². The zero-order valence-electron chi connectivity index (χ0n) is 15.7. The number of para-hydroxylation sites is 1. The summed E-state index contributed by atoms with van der Waals surface area (Å²) in [5, 5.41) is 9.20. The number of carbonyl (C=O) groups is 1. The van der Waals surface area contributed by atoms with Gasteiger partial charge in [0.15, 0.2) is 5.65 Å². The van der Waals surface area contributed by atoms with E-state index in [0.29, 0.717) is 5.69 Å². The fourth-order valence-corrected chi connectivity index (χ4v) is 3.16. The highest BCUT2D eigenvalue weighted by Crippen LogP contribution is 2.27. The summed E-state index contributed by atoms with van der Waals surface area (Å²) in [5.41, 5.74) is 3.11. The van der Waals surface area contributed by atoms with E-state index in [0.717, 1.165) is 33.5 Å². The number of aromatic nitrogens is 3. The Morgan fingerprint density at radius 2 is 2.07 bits per heavy atom. The summed E-state index contributed by atoms with van der Waals surface area (Å²) in [6.45, 7) is 3.86. The zero-order chi connectivity index (χ0) is 19.1. The standard InChI is InChI=1S/C20H21N5O2/c1-12-16-10-15(11-21-19(16)25(4)23-12)22-20(26)24(3)13(2)18-9-14-7-5-6-8-17(14)27-18/h5-11,13H,1-4H3,(H,22,26). The normalized spacial score (nSPS) is 12.4. The van der Waals surface area contributed by atoms with Gasteiger partial charge in [-0.15, -0.1) is 0 Å². The quantitative estimate of drug-likeness (QED) is 0.590. The van der Waals surface area contributed by atoms with Crippen LogP contribution in [-0.4, -0.2) is 32.7 Å². The molecule has 1 aromatic carbocycles. The molecule has 0 radical (unpaired) electrons. The maximum atomic E-state index is 12.7. The van der Waals surface area contributed by atoms with Crippen molar-refractivity contribution in [2.75, 3.05) is 12.4 Å². The number of aryl methyl sites for hydroxylation is 2. The van der Waals surface area contributed by atoms with E-state index in [9.17, 15) is 4.79 Å². The van der Waals surface area contributed by atoms with Crippen molar-refractivity contribution in [2.24, 2.45) is 7.05 Å². The molecule has 3 aromatic heterocycles. The molecule has 0 spiro atoms. The van der Waals surface area contributed by atoms with Crippen LogP contribution in [0.4, 0.5) is 10.5 Å². The summed E-state index contributed by atoms with van der Waals surface area (Å²) in [6.07, 6.45) is 1.64. The molecule has 2 amide bonds. The monoisotopic (exact) mass is 363 g/mol. The van der Waals surface area contributed by atoms with E-state index < -0.39 is 0 Å². The fraction of sp³-hybridized carbons (Fsp3) is 0.250. The summed E-state index contributed by atoms with van der Waals surface area (Å²) in [5.74, 6) is 0.741. The second-order valence-electron chi connectivity index (χ2n) is 6.71. The number of nitrogens with one attached hydrogen (secondary N) is 1. The second-order valence-corrected chi connectivity index (χ2v) is 6.71. The first-order valence-electron chi connectivity index (χ1n) is 8.75. The molecule has 7 nitrogen and oxygen atoms in total. The molecule has 138 valence electrons. The number of rotatable bonds is 3. The molecule has 7 heteroatoms. The third-order valence-corrected chi connectivity index (χ3v) is 4.87. The van der Waals surface area contributed by atoms with Crippen LogP contribution in [-0.2, 0) is 7.05 Å². The second kappa shape index (κ2) is 6.42. The Bertz CT molecular complexity index is 1110. The molecule has 0 aliphatic carbocycles. The van der Waals surface area contributed by atoms with Crippen LogP contribution in [0.2, 0.25) is 0 Å². The first-order chi connectivity index (χ1) is 12.9. The van der Waals surface area contributed by atoms with Crippen LogP contribution in [0, 0.1) is 6.92 Å². The fourth-order valence-electron chi connectivity index (χ4n) is 3.16. The summed E-state index contributed by atoms with van der Waals surface area (Å²) in [6, 6.07) is 11.2. The molecule has 0 aliphatic rings. The molecular formula is C20H21N5O2. The lowest BCUT2D eigenvalue weighted by atomic mass is 10.2. The lowest BCUT2D eigenvalue weighted by Crippen LogP contribution is -2.33. The van der Waals surface area contributed by atoms with Crippen LogP contribution in [0.1, 0.15) is 24.4 Å². The van der Waals surface area contributed by atoms with Crippen molar-refractivity contribution in [1.29, 1.82) is 0 Å². The smallest absolute Gasteiger partial charge is 0.322 e. The van der Waals surface area contributed by atoms with Crippen LogP contribution < -0.4 is 5.32 Å². The highest BCUT2D eigenvalue weighted by atomic mass is 16.3. The van der Waals surface area contributed by atoms with E-state index in [1.807, 2.05) is 57.3 Å². The van der Waals surface area contributed by atoms with Crippen molar-refractivity contribution < 1.29 is 9.21 Å². The average molecular weight is 363 g/mol. The highest BCUT2D eigenvalue weighted by molar-refractivity contribution is 5.92. The Morgan fingerprint density at radius 3 is 2.85 bits per heavy atom. The van der Waals surface area contributed by atoms with E-state index >= 15 is 0 Å². The van der Waals surface area contributed by atoms with Gasteiger partial charge in [-0.1, -0.05) is 18.2 Å². The van der Waals surface area contributed by atoms with Gasteiger partial charge >= 0.3 is 6.03 Å². The molecule has 0 fully saturated rings. The third kappa shape index (κ3) is 3.01. The molecule has 4 aromatic rings. The molecule has 0 saturated carbocycles. The number of urea groups is 1. The number of hydrogen-bond donors (Lipinski definition) is 1. The van der Waals surface area contributed by atoms with E-state index in [-0.39, 0.29) is 12.1 Å². The van der Waals surface area contributed by atoms with Gasteiger partial charge in [-0.3, -0.25) is 4.68 Å². The molecule has 1 N–H and O–H groups in total. The molecule has 0 bridgehead atoms. The summed E-state index contributed by atoms with van der Waals surface area (Å²) >= 11 is 0. The van der Waals surface area contributed by atoms with Crippen LogP contribution in [0.15, 0.2) is 47.0 Å². The van der Waals surface area contributed by atoms with Crippen LogP contribution in [0.5, 0.6) is 0 Å². The van der Waals surface area contributed by atoms with Gasteiger partial charge in [0.2, 0.25) is 0 Å². The number of carbonyl (C=O) groups excluding carboxylic acids is 1. The van der Waals surface area contributed by atoms with Crippen molar-refractivity contribution in [3.8, 4) is 0 Å². The van der Waals surface area contributed by atoms with Crippen molar-refractivity contribution in [3.63, 3.8) is 0 Å². The Morgan fingerprint density at radius 1 is 1.30 bits per heavy atom. The molecule has 0 aliphatic heterocycles. The molecular weight excluding hydrogens is 342 g/mol. The third-order valence-electron chi connectivity index (χ3n) is 4.87. The van der Waals surface area contributed by atoms with Gasteiger partial charge in [0.05, 0.1) is 23.6 Å². The Balaban J connectivity index is 1.54. The van der Waals surface area contributed by atoms with E-state index in [2.05, 4.69) is 15.4 Å². The zero-order valence-corrected chi connectivity index (χ0v) is 15.7.